The Bertz CT molecular complexity index is 694. The lowest BCUT2D eigenvalue weighted by molar-refractivity contribution is -0.153. The van der Waals surface area contributed by atoms with Gasteiger partial charge in [0.15, 0.2) is 6.61 Å². The molecule has 0 saturated heterocycles. The molecular weight excluding hydrogens is 307 g/mol. The SMILES string of the molecule is Cc1ccc(C(=O)Nc2ccc(OCC(F)(F)F)cc2)c(C)c1. The fraction of sp³-hybridized carbons (Fsp3) is 0.235. The van der Waals surface area contributed by atoms with E-state index in [0.717, 1.165) is 11.1 Å². The summed E-state index contributed by atoms with van der Waals surface area (Å²) < 4.78 is 40.8. The molecule has 0 atom stereocenters. The van der Waals surface area contributed by atoms with Crippen molar-refractivity contribution >= 4 is 11.6 Å². The van der Waals surface area contributed by atoms with Crippen LogP contribution in [0.25, 0.3) is 0 Å². The Kier molecular flexibility index (Phi) is 4.93. The fourth-order valence-electron chi connectivity index (χ4n) is 2.07. The normalized spacial score (nSPS) is 11.2. The van der Waals surface area contributed by atoms with Gasteiger partial charge in [-0.2, -0.15) is 13.2 Å². The molecule has 122 valence electrons. The minimum atomic E-state index is -4.38. The zero-order valence-electron chi connectivity index (χ0n) is 12.7. The van der Waals surface area contributed by atoms with E-state index in [9.17, 15) is 18.0 Å². The van der Waals surface area contributed by atoms with Gasteiger partial charge in [0.05, 0.1) is 0 Å². The van der Waals surface area contributed by atoms with Crippen molar-refractivity contribution in [3.8, 4) is 5.75 Å². The van der Waals surface area contributed by atoms with E-state index in [4.69, 9.17) is 0 Å². The molecule has 0 saturated carbocycles. The van der Waals surface area contributed by atoms with Crippen LogP contribution < -0.4 is 10.1 Å². The summed E-state index contributed by atoms with van der Waals surface area (Å²) in [6.45, 7) is 2.44. The topological polar surface area (TPSA) is 38.3 Å². The van der Waals surface area contributed by atoms with E-state index in [0.29, 0.717) is 11.3 Å². The number of amides is 1. The van der Waals surface area contributed by atoms with Crippen molar-refractivity contribution in [3.05, 3.63) is 59.2 Å². The maximum atomic E-state index is 12.2. The zero-order chi connectivity index (χ0) is 17.0. The van der Waals surface area contributed by atoms with Gasteiger partial charge in [-0.25, -0.2) is 0 Å². The smallest absolute Gasteiger partial charge is 0.422 e. The zero-order valence-corrected chi connectivity index (χ0v) is 12.7. The van der Waals surface area contributed by atoms with Crippen molar-refractivity contribution in [2.75, 3.05) is 11.9 Å². The Labute approximate surface area is 132 Å². The molecule has 0 fully saturated rings. The summed E-state index contributed by atoms with van der Waals surface area (Å²) in [4.78, 5) is 12.2. The van der Waals surface area contributed by atoms with Crippen LogP contribution in [-0.4, -0.2) is 18.7 Å². The number of carbonyl (C=O) groups excluding carboxylic acids is 1. The number of ether oxygens (including phenoxy) is 1. The van der Waals surface area contributed by atoms with Gasteiger partial charge < -0.3 is 10.1 Å². The van der Waals surface area contributed by atoms with Gasteiger partial charge in [-0.15, -0.1) is 0 Å². The van der Waals surface area contributed by atoms with Crippen LogP contribution in [0.4, 0.5) is 18.9 Å². The van der Waals surface area contributed by atoms with E-state index in [1.54, 1.807) is 6.07 Å². The van der Waals surface area contributed by atoms with Crippen LogP contribution in [0.15, 0.2) is 42.5 Å². The van der Waals surface area contributed by atoms with Crippen molar-refractivity contribution in [1.29, 1.82) is 0 Å². The number of hydrogen-bond acceptors (Lipinski definition) is 2. The summed E-state index contributed by atoms with van der Waals surface area (Å²) in [5.74, 6) is -0.182. The fourth-order valence-corrected chi connectivity index (χ4v) is 2.07. The van der Waals surface area contributed by atoms with Crippen molar-refractivity contribution in [1.82, 2.24) is 0 Å². The minimum Gasteiger partial charge on any atom is -0.484 e. The number of hydrogen-bond donors (Lipinski definition) is 1. The van der Waals surface area contributed by atoms with Crippen LogP contribution in [0.3, 0.4) is 0 Å². The van der Waals surface area contributed by atoms with Crippen LogP contribution in [0, 0.1) is 13.8 Å². The molecule has 0 heterocycles. The van der Waals surface area contributed by atoms with E-state index >= 15 is 0 Å². The van der Waals surface area contributed by atoms with Crippen LogP contribution in [0.5, 0.6) is 5.75 Å². The summed E-state index contributed by atoms with van der Waals surface area (Å²) in [5, 5.41) is 2.70. The van der Waals surface area contributed by atoms with E-state index < -0.39 is 12.8 Å². The number of benzene rings is 2. The van der Waals surface area contributed by atoms with Gasteiger partial charge in [0, 0.05) is 11.3 Å². The number of anilines is 1. The van der Waals surface area contributed by atoms with Crippen LogP contribution >= 0.6 is 0 Å². The van der Waals surface area contributed by atoms with Gasteiger partial charge in [0.25, 0.3) is 5.91 Å². The molecule has 6 heteroatoms. The largest absolute Gasteiger partial charge is 0.484 e. The second-order valence-corrected chi connectivity index (χ2v) is 5.20. The highest BCUT2D eigenvalue weighted by Gasteiger charge is 2.28. The number of nitrogens with one attached hydrogen (secondary N) is 1. The maximum Gasteiger partial charge on any atom is 0.422 e. The van der Waals surface area contributed by atoms with Gasteiger partial charge in [-0.05, 0) is 49.7 Å². The van der Waals surface area contributed by atoms with Gasteiger partial charge >= 0.3 is 6.18 Å². The average molecular weight is 323 g/mol. The molecule has 0 aliphatic carbocycles. The molecule has 0 aliphatic rings. The highest BCUT2D eigenvalue weighted by molar-refractivity contribution is 6.05. The number of carbonyl (C=O) groups is 1. The lowest BCUT2D eigenvalue weighted by atomic mass is 10.1. The second-order valence-electron chi connectivity index (χ2n) is 5.20. The standard InChI is InChI=1S/C17H16F3NO2/c1-11-3-8-15(12(2)9-11)16(22)21-13-4-6-14(7-5-13)23-10-17(18,19)20/h3-9H,10H2,1-2H3,(H,21,22). The number of aryl methyl sites for hydroxylation is 2. The highest BCUT2D eigenvalue weighted by Crippen LogP contribution is 2.21. The van der Waals surface area contributed by atoms with Gasteiger partial charge in [-0.1, -0.05) is 17.7 Å². The molecular formula is C17H16F3NO2. The van der Waals surface area contributed by atoms with Gasteiger partial charge in [0.2, 0.25) is 0 Å². The van der Waals surface area contributed by atoms with Crippen LogP contribution in [0.2, 0.25) is 0 Å². The predicted molar refractivity (Wildman–Crippen MR) is 81.9 cm³/mol. The molecule has 1 N–H and O–H groups in total. The third-order valence-electron chi connectivity index (χ3n) is 3.14. The second kappa shape index (κ2) is 6.73. The summed E-state index contributed by atoms with van der Waals surface area (Å²) in [7, 11) is 0. The molecule has 23 heavy (non-hydrogen) atoms. The summed E-state index contributed by atoms with van der Waals surface area (Å²) in [5.41, 5.74) is 2.94. The summed E-state index contributed by atoms with van der Waals surface area (Å²) in [6.07, 6.45) is -4.38. The molecule has 0 unspecified atom stereocenters. The lowest BCUT2D eigenvalue weighted by Gasteiger charge is -2.11. The van der Waals surface area contributed by atoms with Crippen molar-refractivity contribution in [3.63, 3.8) is 0 Å². The number of alkyl halides is 3. The molecule has 0 bridgehead atoms. The Morgan fingerprint density at radius 2 is 1.74 bits per heavy atom. The molecule has 3 nitrogen and oxygen atoms in total. The van der Waals surface area contributed by atoms with Gasteiger partial charge in [-0.3, -0.25) is 4.79 Å². The first-order chi connectivity index (χ1) is 10.7. The molecule has 0 aromatic heterocycles. The molecule has 2 aromatic rings. The molecule has 1 amide bonds. The van der Waals surface area contributed by atoms with E-state index in [-0.39, 0.29) is 11.7 Å². The van der Waals surface area contributed by atoms with Crippen molar-refractivity contribution in [2.45, 2.75) is 20.0 Å². The average Bonchev–Trinajstić information content (AvgIpc) is 2.45. The maximum absolute atomic E-state index is 12.2. The summed E-state index contributed by atoms with van der Waals surface area (Å²) in [6, 6.07) is 11.2. The first-order valence-electron chi connectivity index (χ1n) is 6.93. The van der Waals surface area contributed by atoms with E-state index in [1.807, 2.05) is 26.0 Å². The third kappa shape index (κ3) is 5.02. The molecule has 2 rings (SSSR count). The number of rotatable bonds is 4. The van der Waals surface area contributed by atoms with Gasteiger partial charge in [0.1, 0.15) is 5.75 Å². The molecule has 0 spiro atoms. The highest BCUT2D eigenvalue weighted by atomic mass is 19.4. The Hall–Kier alpha value is -2.50. The Balaban J connectivity index is 2.01. The van der Waals surface area contributed by atoms with Crippen molar-refractivity contribution in [2.24, 2.45) is 0 Å². The van der Waals surface area contributed by atoms with Crippen LogP contribution in [0.1, 0.15) is 21.5 Å². The third-order valence-corrected chi connectivity index (χ3v) is 3.14. The quantitative estimate of drug-likeness (QED) is 0.900. The first kappa shape index (κ1) is 16.9. The molecule has 2 aromatic carbocycles. The Morgan fingerprint density at radius 1 is 1.09 bits per heavy atom. The molecule has 0 aliphatic heterocycles. The number of halogens is 3. The Morgan fingerprint density at radius 3 is 2.30 bits per heavy atom. The lowest BCUT2D eigenvalue weighted by Crippen LogP contribution is -2.19. The minimum absolute atomic E-state index is 0.0897. The first-order valence-corrected chi connectivity index (χ1v) is 6.93. The van der Waals surface area contributed by atoms with Crippen LogP contribution in [-0.2, 0) is 0 Å². The van der Waals surface area contributed by atoms with E-state index in [2.05, 4.69) is 10.1 Å². The summed E-state index contributed by atoms with van der Waals surface area (Å²) >= 11 is 0. The molecule has 0 radical (unpaired) electrons. The van der Waals surface area contributed by atoms with Crippen molar-refractivity contribution < 1.29 is 22.7 Å². The van der Waals surface area contributed by atoms with E-state index in [1.165, 1.54) is 24.3 Å². The predicted octanol–water partition coefficient (Wildman–Crippen LogP) is 4.50. The monoisotopic (exact) mass is 323 g/mol.